The minimum atomic E-state index is -0.427. The molecule has 0 amide bonds. The predicted octanol–water partition coefficient (Wildman–Crippen LogP) is 6.89. The van der Waals surface area contributed by atoms with Gasteiger partial charge in [-0.05, 0) is 55.9 Å². The van der Waals surface area contributed by atoms with Crippen molar-refractivity contribution < 1.29 is 4.39 Å². The molecule has 1 aromatic carbocycles. The number of hydrogen-bond acceptors (Lipinski definition) is 1. The van der Waals surface area contributed by atoms with Gasteiger partial charge in [0.25, 0.3) is 0 Å². The zero-order valence-electron chi connectivity index (χ0n) is 15.3. The summed E-state index contributed by atoms with van der Waals surface area (Å²) >= 11 is 5.73. The van der Waals surface area contributed by atoms with Crippen LogP contribution in [0.2, 0.25) is 5.02 Å². The molecule has 1 aromatic heterocycles. The lowest BCUT2D eigenvalue weighted by molar-refractivity contribution is 0.296. The summed E-state index contributed by atoms with van der Waals surface area (Å²) in [5.74, 6) is 7.68. The van der Waals surface area contributed by atoms with Crippen molar-refractivity contribution in [2.24, 2.45) is 11.8 Å². The lowest BCUT2D eigenvalue weighted by atomic mass is 9.80. The first-order valence-electron chi connectivity index (χ1n) is 9.58. The van der Waals surface area contributed by atoms with Crippen molar-refractivity contribution in [2.45, 2.75) is 51.9 Å². The van der Waals surface area contributed by atoms with E-state index in [1.165, 1.54) is 51.0 Å². The number of benzene rings is 1. The lowest BCUT2D eigenvalue weighted by Gasteiger charge is -2.25. The Morgan fingerprint density at radius 2 is 1.96 bits per heavy atom. The van der Waals surface area contributed by atoms with Crippen LogP contribution in [0.4, 0.5) is 4.39 Å². The van der Waals surface area contributed by atoms with Crippen molar-refractivity contribution >= 4 is 11.6 Å². The minimum Gasteiger partial charge on any atom is -0.255 e. The van der Waals surface area contributed by atoms with E-state index in [0.717, 1.165) is 22.7 Å². The Bertz CT molecular complexity index is 780. The van der Waals surface area contributed by atoms with Gasteiger partial charge in [0.2, 0.25) is 0 Å². The van der Waals surface area contributed by atoms with Crippen LogP contribution in [0.1, 0.15) is 57.4 Å². The van der Waals surface area contributed by atoms with Gasteiger partial charge in [0.1, 0.15) is 5.82 Å². The average Bonchev–Trinajstić information content (AvgIpc) is 2.68. The van der Waals surface area contributed by atoms with Crippen LogP contribution in [-0.4, -0.2) is 4.98 Å². The van der Waals surface area contributed by atoms with Crippen molar-refractivity contribution in [2.75, 3.05) is 0 Å². The number of halogens is 2. The van der Waals surface area contributed by atoms with E-state index in [0.29, 0.717) is 5.92 Å². The molecule has 2 aromatic rings. The maximum atomic E-state index is 13.6. The minimum absolute atomic E-state index is 0.126. The highest BCUT2D eigenvalue weighted by Gasteiger charge is 2.19. The smallest absolute Gasteiger partial charge is 0.142 e. The number of aromatic nitrogens is 1. The van der Waals surface area contributed by atoms with E-state index in [2.05, 4.69) is 23.7 Å². The summed E-state index contributed by atoms with van der Waals surface area (Å²) < 4.78 is 13.6. The first-order valence-corrected chi connectivity index (χ1v) is 9.96. The SMILES string of the molecule is CCCC[C@H]1CC[C@H](C#Cc2ccc(-c3ccc(Cl)c(F)c3)nc2)CC1. The van der Waals surface area contributed by atoms with E-state index < -0.39 is 5.82 Å². The Labute approximate surface area is 161 Å². The average molecular weight is 370 g/mol. The highest BCUT2D eigenvalue weighted by Crippen LogP contribution is 2.31. The molecule has 3 heteroatoms. The van der Waals surface area contributed by atoms with Crippen LogP contribution in [0, 0.1) is 29.5 Å². The predicted molar refractivity (Wildman–Crippen MR) is 106 cm³/mol. The zero-order chi connectivity index (χ0) is 18.4. The summed E-state index contributed by atoms with van der Waals surface area (Å²) in [6.45, 7) is 2.26. The molecule has 3 rings (SSSR count). The van der Waals surface area contributed by atoms with Crippen LogP contribution >= 0.6 is 11.6 Å². The molecular weight excluding hydrogens is 345 g/mol. The van der Waals surface area contributed by atoms with Gasteiger partial charge < -0.3 is 0 Å². The fourth-order valence-corrected chi connectivity index (χ4v) is 3.69. The normalized spacial score (nSPS) is 19.7. The molecule has 0 atom stereocenters. The molecule has 0 spiro atoms. The summed E-state index contributed by atoms with van der Waals surface area (Å²) in [6.07, 6.45) is 10.9. The number of unbranched alkanes of at least 4 members (excludes halogenated alkanes) is 1. The van der Waals surface area contributed by atoms with Crippen molar-refractivity contribution in [3.8, 4) is 23.1 Å². The monoisotopic (exact) mass is 369 g/mol. The van der Waals surface area contributed by atoms with Crippen LogP contribution < -0.4 is 0 Å². The van der Waals surface area contributed by atoms with Crippen LogP contribution in [-0.2, 0) is 0 Å². The molecule has 1 saturated carbocycles. The molecule has 0 N–H and O–H groups in total. The quantitative estimate of drug-likeness (QED) is 0.534. The molecule has 0 bridgehead atoms. The van der Waals surface area contributed by atoms with Gasteiger partial charge in [0.15, 0.2) is 0 Å². The van der Waals surface area contributed by atoms with Crippen LogP contribution in [0.3, 0.4) is 0 Å². The van der Waals surface area contributed by atoms with Gasteiger partial charge >= 0.3 is 0 Å². The van der Waals surface area contributed by atoms with Gasteiger partial charge in [-0.3, -0.25) is 4.98 Å². The third-order valence-electron chi connectivity index (χ3n) is 5.21. The standard InChI is InChI=1S/C23H25ClFN/c1-2-3-4-17-5-7-18(8-6-17)9-10-19-11-14-23(26-16-19)20-12-13-21(24)22(25)15-20/h11-18H,2-8H2,1H3/t17-,18-. The molecular formula is C23H25ClFN. The van der Waals surface area contributed by atoms with Crippen molar-refractivity contribution in [1.29, 1.82) is 0 Å². The molecule has 0 aliphatic heterocycles. The van der Waals surface area contributed by atoms with E-state index in [9.17, 15) is 4.39 Å². The highest BCUT2D eigenvalue weighted by molar-refractivity contribution is 6.30. The number of rotatable bonds is 4. The van der Waals surface area contributed by atoms with Gasteiger partial charge in [0, 0.05) is 23.2 Å². The summed E-state index contributed by atoms with van der Waals surface area (Å²) in [5.41, 5.74) is 2.36. The highest BCUT2D eigenvalue weighted by atomic mass is 35.5. The summed E-state index contributed by atoms with van der Waals surface area (Å²) in [4.78, 5) is 4.42. The van der Waals surface area contributed by atoms with E-state index in [1.54, 1.807) is 18.3 Å². The Hall–Kier alpha value is -1.85. The van der Waals surface area contributed by atoms with Crippen molar-refractivity contribution in [3.05, 3.63) is 52.9 Å². The summed E-state index contributed by atoms with van der Waals surface area (Å²) in [7, 11) is 0. The third kappa shape index (κ3) is 5.08. The van der Waals surface area contributed by atoms with Crippen LogP contribution in [0.5, 0.6) is 0 Å². The van der Waals surface area contributed by atoms with E-state index >= 15 is 0 Å². The molecule has 0 unspecified atom stereocenters. The number of hydrogen-bond donors (Lipinski definition) is 0. The first-order chi connectivity index (χ1) is 12.7. The second kappa shape index (κ2) is 9.19. The lowest BCUT2D eigenvalue weighted by Crippen LogP contribution is -2.13. The second-order valence-corrected chi connectivity index (χ2v) is 7.60. The van der Waals surface area contributed by atoms with E-state index in [-0.39, 0.29) is 5.02 Å². The molecule has 136 valence electrons. The Kier molecular flexibility index (Phi) is 6.69. The fourth-order valence-electron chi connectivity index (χ4n) is 3.57. The maximum absolute atomic E-state index is 13.6. The topological polar surface area (TPSA) is 12.9 Å². The van der Waals surface area contributed by atoms with Gasteiger partial charge in [-0.2, -0.15) is 0 Å². The van der Waals surface area contributed by atoms with Gasteiger partial charge in [-0.1, -0.05) is 55.7 Å². The summed E-state index contributed by atoms with van der Waals surface area (Å²) in [6, 6.07) is 8.57. The van der Waals surface area contributed by atoms with Crippen molar-refractivity contribution in [3.63, 3.8) is 0 Å². The number of nitrogens with zero attached hydrogens (tertiary/aromatic N) is 1. The van der Waals surface area contributed by atoms with Gasteiger partial charge in [-0.25, -0.2) is 4.39 Å². The molecule has 1 heterocycles. The Balaban J connectivity index is 1.58. The largest absolute Gasteiger partial charge is 0.255 e. The van der Waals surface area contributed by atoms with E-state index in [4.69, 9.17) is 11.6 Å². The zero-order valence-corrected chi connectivity index (χ0v) is 16.0. The van der Waals surface area contributed by atoms with Crippen LogP contribution in [0.25, 0.3) is 11.3 Å². The van der Waals surface area contributed by atoms with Crippen LogP contribution in [0.15, 0.2) is 36.5 Å². The van der Waals surface area contributed by atoms with Crippen molar-refractivity contribution in [1.82, 2.24) is 4.98 Å². The third-order valence-corrected chi connectivity index (χ3v) is 5.52. The molecule has 0 radical (unpaired) electrons. The number of pyridine rings is 1. The second-order valence-electron chi connectivity index (χ2n) is 7.19. The van der Waals surface area contributed by atoms with Gasteiger partial charge in [0.05, 0.1) is 10.7 Å². The van der Waals surface area contributed by atoms with Gasteiger partial charge in [-0.15, -0.1) is 0 Å². The molecule has 26 heavy (non-hydrogen) atoms. The first kappa shape index (κ1) is 18.9. The molecule has 1 aliphatic rings. The Morgan fingerprint density at radius 3 is 2.62 bits per heavy atom. The molecule has 0 saturated heterocycles. The molecule has 1 nitrogen and oxygen atoms in total. The van der Waals surface area contributed by atoms with E-state index in [1.807, 2.05) is 12.1 Å². The fraction of sp³-hybridized carbons (Fsp3) is 0.435. The summed E-state index contributed by atoms with van der Waals surface area (Å²) in [5, 5.41) is 0.126. The molecule has 1 aliphatic carbocycles. The molecule has 1 fully saturated rings. The maximum Gasteiger partial charge on any atom is 0.142 e. The Morgan fingerprint density at radius 1 is 1.15 bits per heavy atom.